The average molecular weight is 720 g/mol. The number of fused-ring (bicyclic) bond motifs is 2. The van der Waals surface area contributed by atoms with Gasteiger partial charge in [-0.1, -0.05) is 18.2 Å². The summed E-state index contributed by atoms with van der Waals surface area (Å²) in [5, 5.41) is 9.00. The van der Waals surface area contributed by atoms with Crippen molar-refractivity contribution in [2.24, 2.45) is 0 Å². The van der Waals surface area contributed by atoms with Crippen LogP contribution in [-0.4, -0.2) is 69.2 Å². The van der Waals surface area contributed by atoms with Gasteiger partial charge in [-0.05, 0) is 55.0 Å². The minimum Gasteiger partial charge on any atom is -0.487 e. The second-order valence-electron chi connectivity index (χ2n) is 12.4. The Kier molecular flexibility index (Phi) is 10.4. The average Bonchev–Trinajstić information content (AvgIpc) is 3.79. The normalized spacial score (nSPS) is 13.3. The Labute approximate surface area is 303 Å². The first kappa shape index (κ1) is 34.9. The van der Waals surface area contributed by atoms with Crippen LogP contribution in [0.4, 0.5) is 8.78 Å². The third-order valence-electron chi connectivity index (χ3n) is 8.63. The van der Waals surface area contributed by atoms with E-state index in [-0.39, 0.29) is 36.7 Å². The van der Waals surface area contributed by atoms with Gasteiger partial charge < -0.3 is 19.3 Å². The highest BCUT2D eigenvalue weighted by Crippen LogP contribution is 2.20. The molecule has 0 unspecified atom stereocenters. The van der Waals surface area contributed by atoms with Gasteiger partial charge in [-0.3, -0.25) is 28.9 Å². The van der Waals surface area contributed by atoms with E-state index in [0.29, 0.717) is 62.2 Å². The van der Waals surface area contributed by atoms with E-state index < -0.39 is 0 Å². The fourth-order valence-electron chi connectivity index (χ4n) is 6.00. The predicted molar refractivity (Wildman–Crippen MR) is 186 cm³/mol. The summed E-state index contributed by atoms with van der Waals surface area (Å²) in [5.74, 6) is 0.0143. The number of aryl methyl sites for hydroxylation is 1. The van der Waals surface area contributed by atoms with Gasteiger partial charge in [-0.2, -0.15) is 10.2 Å². The van der Waals surface area contributed by atoms with Crippen molar-refractivity contribution in [1.29, 1.82) is 0 Å². The lowest BCUT2D eigenvalue weighted by atomic mass is 10.2. The van der Waals surface area contributed by atoms with Gasteiger partial charge in [0.25, 0.3) is 11.8 Å². The van der Waals surface area contributed by atoms with E-state index in [2.05, 4.69) is 25.1 Å². The van der Waals surface area contributed by atoms with Crippen molar-refractivity contribution in [3.05, 3.63) is 149 Å². The summed E-state index contributed by atoms with van der Waals surface area (Å²) in [6.45, 7) is 5.63. The number of halogens is 2. The number of nitrogens with zero attached hydrogens (tertiary/aromatic N) is 9. The first-order chi connectivity index (χ1) is 25.8. The van der Waals surface area contributed by atoms with Gasteiger partial charge in [0.2, 0.25) is 0 Å². The second kappa shape index (κ2) is 15.8. The fraction of sp³-hybridized carbons (Fsp3) is 0.237. The molecular formula is C38H35F2N9O4. The molecular weight excluding hydrogens is 684 g/mol. The van der Waals surface area contributed by atoms with E-state index in [1.54, 1.807) is 40.3 Å². The third-order valence-corrected chi connectivity index (χ3v) is 8.63. The molecule has 2 aliphatic heterocycles. The molecule has 0 bridgehead atoms. The SMILES string of the molecule is Cc1cccnc1C(=O)N1CCn2nc(COc3cccc(F)c3)cc2C1.O=C(c1cnccn1)N1CCn2nc(COc3cccc(F)c3)cc2C1. The summed E-state index contributed by atoms with van der Waals surface area (Å²) in [6, 6.07) is 19.5. The van der Waals surface area contributed by atoms with Crippen LogP contribution in [0.5, 0.6) is 11.5 Å². The van der Waals surface area contributed by atoms with Crippen LogP contribution in [0, 0.1) is 18.6 Å². The summed E-state index contributed by atoms with van der Waals surface area (Å²) in [7, 11) is 0. The summed E-state index contributed by atoms with van der Waals surface area (Å²) >= 11 is 0. The Hall–Kier alpha value is -6.51. The maximum absolute atomic E-state index is 13.2. The van der Waals surface area contributed by atoms with Gasteiger partial charge in [-0.15, -0.1) is 0 Å². The van der Waals surface area contributed by atoms with Crippen molar-refractivity contribution in [1.82, 2.24) is 44.3 Å². The topological polar surface area (TPSA) is 133 Å². The zero-order valence-electron chi connectivity index (χ0n) is 28.8. The van der Waals surface area contributed by atoms with Crippen molar-refractivity contribution in [3.8, 4) is 11.5 Å². The molecule has 0 fully saturated rings. The lowest BCUT2D eigenvalue weighted by molar-refractivity contribution is 0.0692. The highest BCUT2D eigenvalue weighted by atomic mass is 19.1. The van der Waals surface area contributed by atoms with Crippen molar-refractivity contribution in [2.75, 3.05) is 13.1 Å². The molecule has 0 atom stereocenters. The predicted octanol–water partition coefficient (Wildman–Crippen LogP) is 5.01. The first-order valence-corrected chi connectivity index (χ1v) is 16.9. The fourth-order valence-corrected chi connectivity index (χ4v) is 6.00. The Bertz CT molecular complexity index is 2230. The Morgan fingerprint density at radius 1 is 0.679 bits per heavy atom. The molecule has 8 rings (SSSR count). The zero-order chi connectivity index (χ0) is 36.7. The molecule has 6 aromatic rings. The summed E-state index contributed by atoms with van der Waals surface area (Å²) in [4.78, 5) is 41.0. The number of benzene rings is 2. The molecule has 0 spiro atoms. The van der Waals surface area contributed by atoms with Crippen LogP contribution >= 0.6 is 0 Å². The molecule has 53 heavy (non-hydrogen) atoms. The monoisotopic (exact) mass is 719 g/mol. The van der Waals surface area contributed by atoms with Crippen LogP contribution in [-0.2, 0) is 39.4 Å². The maximum atomic E-state index is 13.2. The molecule has 0 radical (unpaired) electrons. The van der Waals surface area contributed by atoms with Gasteiger partial charge in [0.05, 0.1) is 43.8 Å². The number of hydrogen-bond donors (Lipinski definition) is 0. The Morgan fingerprint density at radius 2 is 1.26 bits per heavy atom. The molecule has 2 aromatic carbocycles. The summed E-state index contributed by atoms with van der Waals surface area (Å²) in [5.41, 5.74) is 5.03. The number of amides is 2. The lowest BCUT2D eigenvalue weighted by Gasteiger charge is -2.27. The molecule has 2 aliphatic rings. The lowest BCUT2D eigenvalue weighted by Crippen LogP contribution is -2.39. The van der Waals surface area contributed by atoms with E-state index in [1.807, 2.05) is 40.6 Å². The van der Waals surface area contributed by atoms with Crippen molar-refractivity contribution in [3.63, 3.8) is 0 Å². The van der Waals surface area contributed by atoms with E-state index in [4.69, 9.17) is 9.47 Å². The molecule has 270 valence electrons. The number of carbonyl (C=O) groups excluding carboxylic acids is 2. The van der Waals surface area contributed by atoms with Gasteiger partial charge in [-0.25, -0.2) is 13.8 Å². The first-order valence-electron chi connectivity index (χ1n) is 16.9. The van der Waals surface area contributed by atoms with Gasteiger partial charge >= 0.3 is 0 Å². The van der Waals surface area contributed by atoms with Crippen molar-refractivity contribution >= 4 is 11.8 Å². The molecule has 0 N–H and O–H groups in total. The Balaban J connectivity index is 0.000000164. The smallest absolute Gasteiger partial charge is 0.274 e. The summed E-state index contributed by atoms with van der Waals surface area (Å²) in [6.07, 6.45) is 6.14. The highest BCUT2D eigenvalue weighted by Gasteiger charge is 2.26. The van der Waals surface area contributed by atoms with Gasteiger partial charge in [0.15, 0.2) is 0 Å². The van der Waals surface area contributed by atoms with Crippen molar-refractivity contribution < 1.29 is 27.8 Å². The van der Waals surface area contributed by atoms with Crippen LogP contribution in [0.1, 0.15) is 49.3 Å². The minimum absolute atomic E-state index is 0.0712. The maximum Gasteiger partial charge on any atom is 0.274 e. The zero-order valence-corrected chi connectivity index (χ0v) is 28.8. The van der Waals surface area contributed by atoms with E-state index >= 15 is 0 Å². The molecule has 15 heteroatoms. The number of aromatic nitrogens is 7. The van der Waals surface area contributed by atoms with Crippen LogP contribution < -0.4 is 9.47 Å². The largest absolute Gasteiger partial charge is 0.487 e. The van der Waals surface area contributed by atoms with Crippen LogP contribution in [0.2, 0.25) is 0 Å². The van der Waals surface area contributed by atoms with Gasteiger partial charge in [0.1, 0.15) is 59.1 Å². The molecule has 0 aliphatic carbocycles. The molecule has 2 amide bonds. The van der Waals surface area contributed by atoms with Gasteiger partial charge in [0, 0.05) is 43.8 Å². The quantitative estimate of drug-likeness (QED) is 0.213. The summed E-state index contributed by atoms with van der Waals surface area (Å²) < 4.78 is 41.4. The standard InChI is InChI=1S/C20H19FN4O2.C18H16FN5O2/c1-14-4-3-7-22-19(14)20(26)24-8-9-25-17(12-24)11-16(23-25)13-27-18-6-2-5-15(21)10-18;19-13-2-1-3-16(8-13)26-12-14-9-15-11-23(6-7-24(15)22-14)18(25)17-10-20-4-5-21-17/h2-7,10-11H,8-9,12-13H2,1H3;1-5,8-10H,6-7,11-12H2. The van der Waals surface area contributed by atoms with Crippen LogP contribution in [0.25, 0.3) is 0 Å². The number of rotatable bonds is 8. The number of ether oxygens (including phenoxy) is 2. The molecule has 0 saturated heterocycles. The van der Waals surface area contributed by atoms with E-state index in [0.717, 1.165) is 28.3 Å². The van der Waals surface area contributed by atoms with E-state index in [9.17, 15) is 18.4 Å². The molecule has 13 nitrogen and oxygen atoms in total. The number of pyridine rings is 1. The molecule has 6 heterocycles. The highest BCUT2D eigenvalue weighted by molar-refractivity contribution is 5.93. The second-order valence-corrected chi connectivity index (χ2v) is 12.4. The van der Waals surface area contributed by atoms with Crippen LogP contribution in [0.15, 0.2) is 97.6 Å². The number of carbonyl (C=O) groups is 2. The van der Waals surface area contributed by atoms with E-state index in [1.165, 1.54) is 42.9 Å². The molecule has 4 aromatic heterocycles. The minimum atomic E-state index is -0.343. The third kappa shape index (κ3) is 8.52. The van der Waals surface area contributed by atoms with Crippen molar-refractivity contribution in [2.45, 2.75) is 46.3 Å². The molecule has 0 saturated carbocycles. The van der Waals surface area contributed by atoms with Crippen LogP contribution in [0.3, 0.4) is 0 Å². The number of hydrogen-bond acceptors (Lipinski definition) is 9. The Morgan fingerprint density at radius 3 is 1.79 bits per heavy atom.